The van der Waals surface area contributed by atoms with E-state index in [0.29, 0.717) is 13.2 Å². The second kappa shape index (κ2) is 5.70. The minimum Gasteiger partial charge on any atom is -0.465 e. The van der Waals surface area contributed by atoms with Gasteiger partial charge in [0.15, 0.2) is 0 Å². The van der Waals surface area contributed by atoms with Crippen LogP contribution in [0, 0.1) is 24.7 Å². The first-order valence-corrected chi connectivity index (χ1v) is 8.83. The number of ether oxygens (including phenoxy) is 2. The Labute approximate surface area is 147 Å². The van der Waals surface area contributed by atoms with Crippen LogP contribution in [-0.4, -0.2) is 36.7 Å². The zero-order valence-electron chi connectivity index (χ0n) is 14.8. The molecule has 5 heteroatoms. The second-order valence-corrected chi connectivity index (χ2v) is 7.68. The molecule has 0 saturated carbocycles. The number of fused-ring (bicyclic) bond motifs is 1. The summed E-state index contributed by atoms with van der Waals surface area (Å²) in [5, 5.41) is 0. The number of esters is 1. The Bertz CT molecular complexity index is 739. The summed E-state index contributed by atoms with van der Waals surface area (Å²) in [6, 6.07) is 7.84. The lowest BCUT2D eigenvalue weighted by atomic mass is 9.77. The lowest BCUT2D eigenvalue weighted by Crippen LogP contribution is -2.40. The Morgan fingerprint density at radius 3 is 2.76 bits per heavy atom. The van der Waals surface area contributed by atoms with Crippen LogP contribution in [0.1, 0.15) is 19.4 Å². The molecule has 5 nitrogen and oxygen atoms in total. The fourth-order valence-corrected chi connectivity index (χ4v) is 4.06. The van der Waals surface area contributed by atoms with E-state index in [2.05, 4.69) is 0 Å². The van der Waals surface area contributed by atoms with Gasteiger partial charge in [-0.3, -0.25) is 9.59 Å². The number of anilines is 1. The first kappa shape index (κ1) is 16.3. The fourth-order valence-electron chi connectivity index (χ4n) is 4.06. The molecule has 132 valence electrons. The number of carbonyl (C=O) groups is 2. The third-order valence-corrected chi connectivity index (χ3v) is 5.28. The van der Waals surface area contributed by atoms with Gasteiger partial charge in [0.25, 0.3) is 0 Å². The van der Waals surface area contributed by atoms with Crippen molar-refractivity contribution in [1.82, 2.24) is 0 Å². The van der Waals surface area contributed by atoms with Gasteiger partial charge in [-0.05, 0) is 25.0 Å². The molecule has 2 bridgehead atoms. The number of hydrogen-bond donors (Lipinski definition) is 0. The van der Waals surface area contributed by atoms with Gasteiger partial charge >= 0.3 is 5.97 Å². The van der Waals surface area contributed by atoms with E-state index in [9.17, 15) is 9.59 Å². The second-order valence-electron chi connectivity index (χ2n) is 7.68. The van der Waals surface area contributed by atoms with Gasteiger partial charge in [-0.2, -0.15) is 0 Å². The molecule has 1 aromatic carbocycles. The summed E-state index contributed by atoms with van der Waals surface area (Å²) in [4.78, 5) is 27.5. The molecule has 2 saturated heterocycles. The van der Waals surface area contributed by atoms with Gasteiger partial charge in [-0.15, -0.1) is 0 Å². The van der Waals surface area contributed by atoms with Crippen molar-refractivity contribution in [3.05, 3.63) is 42.0 Å². The monoisotopic (exact) mass is 341 g/mol. The summed E-state index contributed by atoms with van der Waals surface area (Å²) >= 11 is 0. The van der Waals surface area contributed by atoms with E-state index in [1.165, 1.54) is 0 Å². The van der Waals surface area contributed by atoms with Crippen molar-refractivity contribution in [2.75, 3.05) is 18.1 Å². The summed E-state index contributed by atoms with van der Waals surface area (Å²) in [6.07, 6.45) is 3.51. The molecule has 3 aliphatic rings. The maximum Gasteiger partial charge on any atom is 0.312 e. The Kier molecular flexibility index (Phi) is 3.72. The smallest absolute Gasteiger partial charge is 0.312 e. The quantitative estimate of drug-likeness (QED) is 0.624. The molecule has 0 aliphatic carbocycles. The van der Waals surface area contributed by atoms with Gasteiger partial charge < -0.3 is 14.4 Å². The van der Waals surface area contributed by atoms with Crippen LogP contribution in [0.2, 0.25) is 0 Å². The molecule has 3 heterocycles. The number of aryl methyl sites for hydroxylation is 1. The summed E-state index contributed by atoms with van der Waals surface area (Å²) in [5.74, 6) is -1.16. The zero-order valence-corrected chi connectivity index (χ0v) is 14.8. The Morgan fingerprint density at radius 1 is 1.36 bits per heavy atom. The van der Waals surface area contributed by atoms with Crippen molar-refractivity contribution in [3.8, 4) is 0 Å². The predicted molar refractivity (Wildman–Crippen MR) is 93.1 cm³/mol. The number of hydrogen-bond acceptors (Lipinski definition) is 4. The van der Waals surface area contributed by atoms with Crippen LogP contribution in [-0.2, 0) is 19.1 Å². The van der Waals surface area contributed by atoms with Crippen molar-refractivity contribution in [3.63, 3.8) is 0 Å². The minimum absolute atomic E-state index is 0.0535. The SMILES string of the molecule is Cc1ccc(N2C[C@]34C=C[C@@H](O3)[C@H](C(=O)OCC(C)C)[C@@H]4C2=O)cc1. The van der Waals surface area contributed by atoms with Crippen LogP contribution < -0.4 is 4.90 Å². The van der Waals surface area contributed by atoms with Crippen molar-refractivity contribution < 1.29 is 19.1 Å². The summed E-state index contributed by atoms with van der Waals surface area (Å²) < 4.78 is 11.5. The predicted octanol–water partition coefficient (Wildman–Crippen LogP) is 2.48. The molecule has 4 rings (SSSR count). The molecular weight excluding hydrogens is 318 g/mol. The van der Waals surface area contributed by atoms with Gasteiger partial charge in [0.05, 0.1) is 25.2 Å². The van der Waals surface area contributed by atoms with E-state index < -0.39 is 17.4 Å². The molecule has 0 radical (unpaired) electrons. The highest BCUT2D eigenvalue weighted by atomic mass is 16.6. The lowest BCUT2D eigenvalue weighted by Gasteiger charge is -2.23. The zero-order chi connectivity index (χ0) is 17.8. The molecule has 1 spiro atoms. The van der Waals surface area contributed by atoms with Gasteiger partial charge in [0.1, 0.15) is 11.5 Å². The van der Waals surface area contributed by atoms with E-state index in [0.717, 1.165) is 11.3 Å². The lowest BCUT2D eigenvalue weighted by molar-refractivity contribution is -0.153. The number of carbonyl (C=O) groups excluding carboxylic acids is 2. The summed E-state index contributed by atoms with van der Waals surface area (Å²) in [7, 11) is 0. The Balaban J connectivity index is 1.61. The van der Waals surface area contributed by atoms with Crippen molar-refractivity contribution in [1.29, 1.82) is 0 Å². The van der Waals surface area contributed by atoms with Crippen LogP contribution in [0.4, 0.5) is 5.69 Å². The first-order valence-electron chi connectivity index (χ1n) is 8.83. The highest BCUT2D eigenvalue weighted by Gasteiger charge is 2.67. The average Bonchev–Trinajstić information content (AvgIpc) is 3.22. The maximum absolute atomic E-state index is 13.1. The molecule has 2 fully saturated rings. The maximum atomic E-state index is 13.1. The van der Waals surface area contributed by atoms with E-state index in [4.69, 9.17) is 9.47 Å². The van der Waals surface area contributed by atoms with Gasteiger partial charge in [-0.25, -0.2) is 0 Å². The molecular formula is C20H23NO4. The van der Waals surface area contributed by atoms with Crippen molar-refractivity contribution in [2.45, 2.75) is 32.5 Å². The van der Waals surface area contributed by atoms with Crippen LogP contribution in [0.25, 0.3) is 0 Å². The number of amides is 1. The van der Waals surface area contributed by atoms with Gasteiger partial charge in [0, 0.05) is 5.69 Å². The van der Waals surface area contributed by atoms with E-state index in [1.54, 1.807) is 4.90 Å². The van der Waals surface area contributed by atoms with Crippen LogP contribution in [0.5, 0.6) is 0 Å². The molecule has 0 N–H and O–H groups in total. The third kappa shape index (κ3) is 2.49. The van der Waals surface area contributed by atoms with E-state index in [-0.39, 0.29) is 23.9 Å². The molecule has 4 atom stereocenters. The van der Waals surface area contributed by atoms with Crippen LogP contribution in [0.15, 0.2) is 36.4 Å². The van der Waals surface area contributed by atoms with Crippen LogP contribution >= 0.6 is 0 Å². The highest BCUT2D eigenvalue weighted by molar-refractivity contribution is 6.02. The van der Waals surface area contributed by atoms with E-state index >= 15 is 0 Å². The largest absolute Gasteiger partial charge is 0.465 e. The molecule has 3 aliphatic heterocycles. The summed E-state index contributed by atoms with van der Waals surface area (Å²) in [6.45, 7) is 6.80. The minimum atomic E-state index is -0.700. The standard InChI is InChI=1S/C20H23NO4/c1-12(2)10-24-19(23)16-15-8-9-20(25-15)11-21(18(22)17(16)20)14-6-4-13(3)5-7-14/h4-9,12,15-17H,10-11H2,1-3H3/t15-,16+,17-,20+/m1/s1. The molecule has 1 aromatic rings. The first-order chi connectivity index (χ1) is 11.9. The Morgan fingerprint density at radius 2 is 2.08 bits per heavy atom. The molecule has 25 heavy (non-hydrogen) atoms. The third-order valence-electron chi connectivity index (χ3n) is 5.28. The summed E-state index contributed by atoms with van der Waals surface area (Å²) in [5.41, 5.74) is 1.28. The highest BCUT2D eigenvalue weighted by Crippen LogP contribution is 2.52. The van der Waals surface area contributed by atoms with Crippen molar-refractivity contribution in [2.24, 2.45) is 17.8 Å². The number of benzene rings is 1. The Hall–Kier alpha value is -2.14. The van der Waals surface area contributed by atoms with Crippen molar-refractivity contribution >= 4 is 17.6 Å². The number of nitrogens with zero attached hydrogens (tertiary/aromatic N) is 1. The average molecular weight is 341 g/mol. The van der Waals surface area contributed by atoms with Gasteiger partial charge in [-0.1, -0.05) is 43.7 Å². The molecule has 0 unspecified atom stereocenters. The number of rotatable bonds is 4. The van der Waals surface area contributed by atoms with Gasteiger partial charge in [0.2, 0.25) is 5.91 Å². The normalized spacial score (nSPS) is 32.6. The van der Waals surface area contributed by atoms with Crippen LogP contribution in [0.3, 0.4) is 0 Å². The van der Waals surface area contributed by atoms with E-state index in [1.807, 2.05) is 57.2 Å². The molecule has 1 amide bonds. The topological polar surface area (TPSA) is 55.8 Å². The fraction of sp³-hybridized carbons (Fsp3) is 0.500. The molecule has 0 aromatic heterocycles.